The maximum Gasteiger partial charge on any atom is 0.317 e. The van der Waals surface area contributed by atoms with Crippen molar-refractivity contribution < 1.29 is 9.53 Å². The number of carbonyl (C=O) groups is 1. The molecule has 1 unspecified atom stereocenters. The number of ether oxygens (including phenoxy) is 1. The van der Waals surface area contributed by atoms with Gasteiger partial charge in [-0.1, -0.05) is 95.4 Å². The van der Waals surface area contributed by atoms with Crippen molar-refractivity contribution >= 4 is 5.97 Å². The first kappa shape index (κ1) is 22.5. The number of benzene rings is 1. The van der Waals surface area contributed by atoms with Crippen LogP contribution in [-0.4, -0.2) is 5.97 Å². The lowest BCUT2D eigenvalue weighted by Gasteiger charge is -2.26. The fourth-order valence-electron chi connectivity index (χ4n) is 3.33. The highest BCUT2D eigenvalue weighted by Gasteiger charge is 2.33. The van der Waals surface area contributed by atoms with Crippen molar-refractivity contribution in [3.05, 3.63) is 43.0 Å². The first-order valence-electron chi connectivity index (χ1n) is 10.5. The SMILES string of the molecule is C=CCC(C)(CCCCCCCCCCCC)C(=O)Oc1ccccc1. The Morgan fingerprint density at radius 2 is 1.50 bits per heavy atom. The summed E-state index contributed by atoms with van der Waals surface area (Å²) in [7, 11) is 0. The molecule has 2 nitrogen and oxygen atoms in total. The van der Waals surface area contributed by atoms with Gasteiger partial charge in [-0.3, -0.25) is 4.79 Å². The number of carbonyl (C=O) groups excluding carboxylic acids is 1. The predicted octanol–water partition coefficient (Wildman–Crippen LogP) is 7.49. The van der Waals surface area contributed by atoms with Crippen LogP contribution in [0.15, 0.2) is 43.0 Å². The predicted molar refractivity (Wildman–Crippen MR) is 111 cm³/mol. The van der Waals surface area contributed by atoms with Gasteiger partial charge in [0.1, 0.15) is 5.75 Å². The number of unbranched alkanes of at least 4 members (excludes halogenated alkanes) is 9. The molecule has 0 amide bonds. The van der Waals surface area contributed by atoms with Crippen molar-refractivity contribution in [2.75, 3.05) is 0 Å². The van der Waals surface area contributed by atoms with E-state index in [4.69, 9.17) is 4.74 Å². The van der Waals surface area contributed by atoms with E-state index >= 15 is 0 Å². The van der Waals surface area contributed by atoms with Crippen LogP contribution in [-0.2, 0) is 4.79 Å². The smallest absolute Gasteiger partial charge is 0.317 e. The van der Waals surface area contributed by atoms with Crippen LogP contribution in [0.4, 0.5) is 0 Å². The molecule has 0 fully saturated rings. The molecule has 1 rings (SSSR count). The van der Waals surface area contributed by atoms with Gasteiger partial charge in [0, 0.05) is 0 Å². The van der Waals surface area contributed by atoms with E-state index < -0.39 is 5.41 Å². The quantitative estimate of drug-likeness (QED) is 0.140. The molecule has 0 aliphatic heterocycles. The van der Waals surface area contributed by atoms with Crippen LogP contribution < -0.4 is 4.74 Å². The molecule has 0 saturated carbocycles. The lowest BCUT2D eigenvalue weighted by atomic mass is 9.81. The standard InChI is InChI=1S/C24H38O2/c1-4-6-7-8-9-10-11-12-13-17-21-24(3,20-5-2)23(25)26-22-18-15-14-16-19-22/h5,14-16,18-19H,2,4,6-13,17,20-21H2,1,3H3. The second-order valence-corrected chi connectivity index (χ2v) is 7.69. The molecule has 0 radical (unpaired) electrons. The van der Waals surface area contributed by atoms with Crippen molar-refractivity contribution in [3.8, 4) is 5.75 Å². The summed E-state index contributed by atoms with van der Waals surface area (Å²) in [6.07, 6.45) is 16.4. The third-order valence-electron chi connectivity index (χ3n) is 5.12. The van der Waals surface area contributed by atoms with E-state index in [1.54, 1.807) is 0 Å². The maximum absolute atomic E-state index is 12.6. The van der Waals surface area contributed by atoms with Crippen molar-refractivity contribution in [2.24, 2.45) is 5.41 Å². The molecule has 1 aromatic rings. The van der Waals surface area contributed by atoms with Crippen LogP contribution in [0.1, 0.15) is 90.9 Å². The van der Waals surface area contributed by atoms with Gasteiger partial charge in [0.25, 0.3) is 0 Å². The molecule has 146 valence electrons. The van der Waals surface area contributed by atoms with Gasteiger partial charge in [-0.05, 0) is 31.9 Å². The van der Waals surface area contributed by atoms with Gasteiger partial charge in [0.15, 0.2) is 0 Å². The number of para-hydroxylation sites is 1. The minimum atomic E-state index is -0.474. The molecule has 0 bridgehead atoms. The summed E-state index contributed by atoms with van der Waals surface area (Å²) < 4.78 is 5.59. The van der Waals surface area contributed by atoms with E-state index in [1.807, 2.05) is 43.3 Å². The highest BCUT2D eigenvalue weighted by atomic mass is 16.5. The van der Waals surface area contributed by atoms with E-state index in [0.717, 1.165) is 12.8 Å². The lowest BCUT2D eigenvalue weighted by Crippen LogP contribution is -2.31. The molecule has 0 heterocycles. The Morgan fingerprint density at radius 3 is 2.04 bits per heavy atom. The van der Waals surface area contributed by atoms with E-state index in [9.17, 15) is 4.79 Å². The van der Waals surface area contributed by atoms with Crippen LogP contribution in [0.25, 0.3) is 0 Å². The molecule has 2 heteroatoms. The van der Waals surface area contributed by atoms with Gasteiger partial charge in [0.05, 0.1) is 5.41 Å². The Hall–Kier alpha value is -1.57. The number of esters is 1. The molecule has 0 saturated heterocycles. The summed E-state index contributed by atoms with van der Waals surface area (Å²) in [5.74, 6) is 0.482. The molecule has 26 heavy (non-hydrogen) atoms. The molecule has 0 N–H and O–H groups in total. The molecule has 0 aliphatic rings. The molecule has 0 aliphatic carbocycles. The summed E-state index contributed by atoms with van der Waals surface area (Å²) in [5.41, 5.74) is -0.474. The fraction of sp³-hybridized carbons (Fsp3) is 0.625. The summed E-state index contributed by atoms with van der Waals surface area (Å²) >= 11 is 0. The normalized spacial score (nSPS) is 13.2. The number of allylic oxidation sites excluding steroid dienone is 1. The zero-order chi connectivity index (χ0) is 19.1. The van der Waals surface area contributed by atoms with Gasteiger partial charge in [-0.2, -0.15) is 0 Å². The van der Waals surface area contributed by atoms with Gasteiger partial charge in [0.2, 0.25) is 0 Å². The zero-order valence-electron chi connectivity index (χ0n) is 17.0. The van der Waals surface area contributed by atoms with Gasteiger partial charge >= 0.3 is 5.97 Å². The largest absolute Gasteiger partial charge is 0.426 e. The highest BCUT2D eigenvalue weighted by molar-refractivity contribution is 5.78. The van der Waals surface area contributed by atoms with Crippen molar-refractivity contribution in [3.63, 3.8) is 0 Å². The van der Waals surface area contributed by atoms with Crippen molar-refractivity contribution in [1.82, 2.24) is 0 Å². The Labute approximate surface area is 161 Å². The Bertz CT molecular complexity index is 494. The monoisotopic (exact) mass is 358 g/mol. The Balaban J connectivity index is 2.26. The van der Waals surface area contributed by atoms with Crippen molar-refractivity contribution in [2.45, 2.75) is 90.9 Å². The van der Waals surface area contributed by atoms with Crippen LogP contribution in [0.2, 0.25) is 0 Å². The Morgan fingerprint density at radius 1 is 0.962 bits per heavy atom. The lowest BCUT2D eigenvalue weighted by molar-refractivity contribution is -0.145. The molecule has 1 aromatic carbocycles. The number of rotatable bonds is 15. The highest BCUT2D eigenvalue weighted by Crippen LogP contribution is 2.31. The molecule has 0 aromatic heterocycles. The van der Waals surface area contributed by atoms with Crippen LogP contribution in [0.3, 0.4) is 0 Å². The van der Waals surface area contributed by atoms with E-state index in [0.29, 0.717) is 12.2 Å². The van der Waals surface area contributed by atoms with Gasteiger partial charge < -0.3 is 4.74 Å². The van der Waals surface area contributed by atoms with Crippen LogP contribution in [0.5, 0.6) is 5.75 Å². The third kappa shape index (κ3) is 9.22. The van der Waals surface area contributed by atoms with E-state index in [-0.39, 0.29) is 5.97 Å². The average molecular weight is 359 g/mol. The number of hydrogen-bond acceptors (Lipinski definition) is 2. The second-order valence-electron chi connectivity index (χ2n) is 7.69. The first-order chi connectivity index (χ1) is 12.6. The van der Waals surface area contributed by atoms with E-state index in [1.165, 1.54) is 57.8 Å². The summed E-state index contributed by atoms with van der Waals surface area (Å²) in [6.45, 7) is 8.09. The molecule has 1 atom stereocenters. The maximum atomic E-state index is 12.6. The van der Waals surface area contributed by atoms with Crippen LogP contribution >= 0.6 is 0 Å². The fourth-order valence-corrected chi connectivity index (χ4v) is 3.33. The minimum Gasteiger partial charge on any atom is -0.426 e. The topological polar surface area (TPSA) is 26.3 Å². The van der Waals surface area contributed by atoms with Gasteiger partial charge in [-0.15, -0.1) is 6.58 Å². The number of hydrogen-bond donors (Lipinski definition) is 0. The average Bonchev–Trinajstić information content (AvgIpc) is 2.64. The third-order valence-corrected chi connectivity index (χ3v) is 5.12. The molecular weight excluding hydrogens is 320 g/mol. The second kappa shape index (κ2) is 13.6. The Kier molecular flexibility index (Phi) is 11.8. The summed E-state index contributed by atoms with van der Waals surface area (Å²) in [5, 5.41) is 0. The van der Waals surface area contributed by atoms with Crippen molar-refractivity contribution in [1.29, 1.82) is 0 Å². The molecular formula is C24H38O2. The summed E-state index contributed by atoms with van der Waals surface area (Å²) in [6, 6.07) is 9.34. The van der Waals surface area contributed by atoms with E-state index in [2.05, 4.69) is 13.5 Å². The first-order valence-corrected chi connectivity index (χ1v) is 10.5. The van der Waals surface area contributed by atoms with Crippen LogP contribution in [0, 0.1) is 5.41 Å². The zero-order valence-corrected chi connectivity index (χ0v) is 17.0. The van der Waals surface area contributed by atoms with Gasteiger partial charge in [-0.25, -0.2) is 0 Å². The summed E-state index contributed by atoms with van der Waals surface area (Å²) in [4.78, 5) is 12.6. The minimum absolute atomic E-state index is 0.139. The molecule has 0 spiro atoms.